The van der Waals surface area contributed by atoms with Gasteiger partial charge in [-0.3, -0.25) is 4.79 Å². The van der Waals surface area contributed by atoms with Crippen LogP contribution >= 0.6 is 0 Å². The maximum atomic E-state index is 12.6. The molecular formula is C24H24N4O2. The number of hydrogen-bond donors (Lipinski definition) is 1. The fourth-order valence-electron chi connectivity index (χ4n) is 3.70. The second-order valence-electron chi connectivity index (χ2n) is 6.94. The Morgan fingerprint density at radius 1 is 1.17 bits per heavy atom. The number of ether oxygens (including phenoxy) is 1. The zero-order valence-electron chi connectivity index (χ0n) is 17.3. The topological polar surface area (TPSA) is 68.5 Å². The zero-order valence-corrected chi connectivity index (χ0v) is 17.3. The summed E-state index contributed by atoms with van der Waals surface area (Å²) in [6.45, 7) is 7.37. The average Bonchev–Trinajstić information content (AvgIpc) is 3.09. The summed E-state index contributed by atoms with van der Waals surface area (Å²) in [5, 5.41) is 6.30. The number of aryl methyl sites for hydroxylation is 2. The van der Waals surface area contributed by atoms with Crippen LogP contribution in [0.15, 0.2) is 59.7 Å². The van der Waals surface area contributed by atoms with Crippen molar-refractivity contribution in [2.24, 2.45) is 5.10 Å². The monoisotopic (exact) mass is 400 g/mol. The smallest absolute Gasteiger partial charge is 0.271 e. The number of benzene rings is 3. The highest BCUT2D eigenvalue weighted by atomic mass is 16.5. The van der Waals surface area contributed by atoms with Gasteiger partial charge in [-0.25, -0.2) is 10.4 Å². The van der Waals surface area contributed by atoms with Gasteiger partial charge in [0.25, 0.3) is 5.91 Å². The van der Waals surface area contributed by atoms with Gasteiger partial charge in [0.15, 0.2) is 0 Å². The molecule has 0 spiro atoms. The lowest BCUT2D eigenvalue weighted by molar-refractivity contribution is 0.0955. The summed E-state index contributed by atoms with van der Waals surface area (Å²) in [6.07, 6.45) is 1.64. The molecule has 6 nitrogen and oxygen atoms in total. The number of fused-ring (bicyclic) bond motifs is 2. The van der Waals surface area contributed by atoms with E-state index in [0.717, 1.165) is 45.5 Å². The Balaban J connectivity index is 1.59. The van der Waals surface area contributed by atoms with E-state index in [-0.39, 0.29) is 5.91 Å². The first-order chi connectivity index (χ1) is 14.6. The molecule has 0 radical (unpaired) electrons. The van der Waals surface area contributed by atoms with Crippen molar-refractivity contribution in [1.82, 2.24) is 15.0 Å². The van der Waals surface area contributed by atoms with Gasteiger partial charge in [-0.1, -0.05) is 30.3 Å². The molecule has 152 valence electrons. The number of imidazole rings is 1. The first-order valence-corrected chi connectivity index (χ1v) is 10.1. The second kappa shape index (κ2) is 8.37. The number of nitrogens with zero attached hydrogens (tertiary/aromatic N) is 3. The molecule has 0 aliphatic heterocycles. The molecule has 0 bridgehead atoms. The van der Waals surface area contributed by atoms with Crippen LogP contribution < -0.4 is 10.2 Å². The molecule has 30 heavy (non-hydrogen) atoms. The second-order valence-corrected chi connectivity index (χ2v) is 6.94. The average molecular weight is 400 g/mol. The molecule has 1 aromatic heterocycles. The summed E-state index contributed by atoms with van der Waals surface area (Å²) in [6, 6.07) is 17.5. The van der Waals surface area contributed by atoms with Crippen molar-refractivity contribution in [3.63, 3.8) is 0 Å². The third-order valence-corrected chi connectivity index (χ3v) is 5.11. The van der Waals surface area contributed by atoms with E-state index in [9.17, 15) is 4.79 Å². The fourth-order valence-corrected chi connectivity index (χ4v) is 3.70. The van der Waals surface area contributed by atoms with Gasteiger partial charge in [0.1, 0.15) is 11.6 Å². The summed E-state index contributed by atoms with van der Waals surface area (Å²) in [5.41, 5.74) is 5.80. The highest BCUT2D eigenvalue weighted by Gasteiger charge is 2.11. The number of carbonyl (C=O) groups is 1. The number of nitrogens with one attached hydrogen (secondary N) is 1. The fraction of sp³-hybridized carbons (Fsp3) is 0.208. The molecule has 1 amide bonds. The van der Waals surface area contributed by atoms with Gasteiger partial charge in [0.2, 0.25) is 0 Å². The lowest BCUT2D eigenvalue weighted by Crippen LogP contribution is -2.17. The highest BCUT2D eigenvalue weighted by Crippen LogP contribution is 2.26. The van der Waals surface area contributed by atoms with Crippen LogP contribution in [0.2, 0.25) is 0 Å². The zero-order chi connectivity index (χ0) is 21.1. The molecule has 0 aliphatic rings. The van der Waals surface area contributed by atoms with Crippen LogP contribution in [-0.4, -0.2) is 28.3 Å². The standard InChI is InChI=1S/C24H24N4O2/c1-4-28-16(3)26-21-14-18(10-12-22(21)28)24(29)27-25-15-20-19-9-7-6-8-17(19)11-13-23(20)30-5-2/h6-15H,4-5H2,1-3H3,(H,27,29)/b25-15-. The normalized spacial score (nSPS) is 11.4. The van der Waals surface area contributed by atoms with Crippen molar-refractivity contribution in [2.45, 2.75) is 27.3 Å². The van der Waals surface area contributed by atoms with Crippen LogP contribution in [-0.2, 0) is 6.54 Å². The van der Waals surface area contributed by atoms with Crippen LogP contribution in [0, 0.1) is 6.92 Å². The Bertz CT molecular complexity index is 1260. The molecule has 0 fully saturated rings. The van der Waals surface area contributed by atoms with Crippen molar-refractivity contribution in [1.29, 1.82) is 0 Å². The van der Waals surface area contributed by atoms with E-state index in [0.29, 0.717) is 12.2 Å². The van der Waals surface area contributed by atoms with Gasteiger partial charge in [-0.05, 0) is 55.8 Å². The van der Waals surface area contributed by atoms with Crippen LogP contribution in [0.3, 0.4) is 0 Å². The van der Waals surface area contributed by atoms with Crippen LogP contribution in [0.4, 0.5) is 0 Å². The molecule has 0 saturated carbocycles. The minimum absolute atomic E-state index is 0.282. The van der Waals surface area contributed by atoms with Crippen LogP contribution in [0.5, 0.6) is 5.75 Å². The molecule has 6 heteroatoms. The Kier molecular flexibility index (Phi) is 5.48. The number of aromatic nitrogens is 2. The highest BCUT2D eigenvalue weighted by molar-refractivity contribution is 6.03. The lowest BCUT2D eigenvalue weighted by atomic mass is 10.0. The van der Waals surface area contributed by atoms with Crippen molar-refractivity contribution < 1.29 is 9.53 Å². The summed E-state index contributed by atoms with van der Waals surface area (Å²) in [7, 11) is 0. The quantitative estimate of drug-likeness (QED) is 0.377. The maximum Gasteiger partial charge on any atom is 0.271 e. The minimum Gasteiger partial charge on any atom is -0.493 e. The number of hydrogen-bond acceptors (Lipinski definition) is 4. The summed E-state index contributed by atoms with van der Waals surface area (Å²) < 4.78 is 7.86. The van der Waals surface area contributed by atoms with Gasteiger partial charge in [0, 0.05) is 17.7 Å². The maximum absolute atomic E-state index is 12.6. The van der Waals surface area contributed by atoms with E-state index in [1.54, 1.807) is 18.3 Å². The molecule has 0 aliphatic carbocycles. The summed E-state index contributed by atoms with van der Waals surface area (Å²) >= 11 is 0. The third kappa shape index (κ3) is 3.64. The third-order valence-electron chi connectivity index (χ3n) is 5.11. The lowest BCUT2D eigenvalue weighted by Gasteiger charge is -2.10. The van der Waals surface area contributed by atoms with E-state index in [1.165, 1.54) is 0 Å². The van der Waals surface area contributed by atoms with E-state index in [4.69, 9.17) is 4.74 Å². The predicted molar refractivity (Wildman–Crippen MR) is 120 cm³/mol. The SMILES string of the molecule is CCOc1ccc2ccccc2c1/C=N\NC(=O)c1ccc2c(c1)nc(C)n2CC. The van der Waals surface area contributed by atoms with Gasteiger partial charge < -0.3 is 9.30 Å². The van der Waals surface area contributed by atoms with Crippen molar-refractivity contribution in [3.05, 3.63) is 71.5 Å². The largest absolute Gasteiger partial charge is 0.493 e. The van der Waals surface area contributed by atoms with E-state index in [2.05, 4.69) is 27.0 Å². The van der Waals surface area contributed by atoms with E-state index >= 15 is 0 Å². The predicted octanol–water partition coefficient (Wildman–Crippen LogP) is 4.68. The molecule has 0 atom stereocenters. The molecule has 4 rings (SSSR count). The molecule has 1 N–H and O–H groups in total. The van der Waals surface area contributed by atoms with E-state index in [1.807, 2.05) is 56.3 Å². The first kappa shape index (κ1) is 19.6. The van der Waals surface area contributed by atoms with E-state index < -0.39 is 0 Å². The minimum atomic E-state index is -0.282. The van der Waals surface area contributed by atoms with Gasteiger partial charge in [0.05, 0.1) is 23.9 Å². The van der Waals surface area contributed by atoms with Crippen molar-refractivity contribution in [3.8, 4) is 5.75 Å². The van der Waals surface area contributed by atoms with Gasteiger partial charge >= 0.3 is 0 Å². The van der Waals surface area contributed by atoms with Gasteiger partial charge in [-0.15, -0.1) is 0 Å². The molecular weight excluding hydrogens is 376 g/mol. The number of carbonyl (C=O) groups excluding carboxylic acids is 1. The summed E-state index contributed by atoms with van der Waals surface area (Å²) in [4.78, 5) is 17.2. The Hall–Kier alpha value is -3.67. The molecule has 1 heterocycles. The molecule has 0 saturated heterocycles. The van der Waals surface area contributed by atoms with Gasteiger partial charge in [-0.2, -0.15) is 5.10 Å². The molecule has 0 unspecified atom stereocenters. The Morgan fingerprint density at radius 2 is 2.00 bits per heavy atom. The molecule has 3 aromatic carbocycles. The Morgan fingerprint density at radius 3 is 2.80 bits per heavy atom. The van der Waals surface area contributed by atoms with Crippen LogP contribution in [0.1, 0.15) is 35.6 Å². The van der Waals surface area contributed by atoms with Crippen LogP contribution in [0.25, 0.3) is 21.8 Å². The number of rotatable bonds is 6. The number of amides is 1. The Labute approximate surface area is 175 Å². The number of hydrazone groups is 1. The first-order valence-electron chi connectivity index (χ1n) is 10.1. The summed E-state index contributed by atoms with van der Waals surface area (Å²) in [5.74, 6) is 1.38. The molecule has 4 aromatic rings. The van der Waals surface area contributed by atoms with Crippen molar-refractivity contribution >= 4 is 33.9 Å². The van der Waals surface area contributed by atoms with Crippen molar-refractivity contribution in [2.75, 3.05) is 6.61 Å².